The quantitative estimate of drug-likeness (QED) is 0.888. The van der Waals surface area contributed by atoms with Crippen LogP contribution in [-0.4, -0.2) is 12.5 Å². The highest BCUT2D eigenvalue weighted by Gasteiger charge is 2.08. The molecule has 0 radical (unpaired) electrons. The molecule has 0 saturated heterocycles. The van der Waals surface area contributed by atoms with E-state index in [1.54, 1.807) is 0 Å². The van der Waals surface area contributed by atoms with Gasteiger partial charge < -0.3 is 11.1 Å². The van der Waals surface area contributed by atoms with E-state index in [2.05, 4.69) is 21.2 Å². The highest BCUT2D eigenvalue weighted by atomic mass is 79.9. The van der Waals surface area contributed by atoms with Gasteiger partial charge in [-0.2, -0.15) is 0 Å². The molecular weight excluding hydrogens is 264 g/mol. The van der Waals surface area contributed by atoms with Crippen molar-refractivity contribution in [3.63, 3.8) is 0 Å². The summed E-state index contributed by atoms with van der Waals surface area (Å²) in [6.45, 7) is 2.51. The summed E-state index contributed by atoms with van der Waals surface area (Å²) in [5.41, 5.74) is 5.43. The monoisotopic (exact) mass is 276 g/mol. The average Bonchev–Trinajstić information content (AvgIpc) is 2.50. The van der Waals surface area contributed by atoms with Crippen molar-refractivity contribution in [2.24, 2.45) is 11.7 Å². The Morgan fingerprint density at radius 3 is 2.93 bits per heavy atom. The largest absolute Gasteiger partial charge is 0.330 e. The third-order valence-electron chi connectivity index (χ3n) is 1.77. The van der Waals surface area contributed by atoms with Gasteiger partial charge in [-0.1, -0.05) is 6.92 Å². The number of carbonyl (C=O) groups is 1. The highest BCUT2D eigenvalue weighted by Crippen LogP contribution is 2.26. The molecule has 1 amide bonds. The number of thiophene rings is 1. The minimum atomic E-state index is 0.0253. The highest BCUT2D eigenvalue weighted by molar-refractivity contribution is 9.11. The first kappa shape index (κ1) is 11.7. The van der Waals surface area contributed by atoms with E-state index in [9.17, 15) is 4.79 Å². The van der Waals surface area contributed by atoms with Crippen molar-refractivity contribution in [3.05, 3.63) is 15.9 Å². The number of hydrogen-bond donors (Lipinski definition) is 2. The lowest BCUT2D eigenvalue weighted by molar-refractivity contribution is -0.116. The van der Waals surface area contributed by atoms with E-state index in [1.165, 1.54) is 11.3 Å². The van der Waals surface area contributed by atoms with E-state index < -0.39 is 0 Å². The predicted molar refractivity (Wildman–Crippen MR) is 63.5 cm³/mol. The maximum absolute atomic E-state index is 11.4. The summed E-state index contributed by atoms with van der Waals surface area (Å²) in [4.78, 5) is 11.4. The molecule has 0 aromatic carbocycles. The number of anilines is 1. The zero-order valence-electron chi connectivity index (χ0n) is 7.92. The Bertz CT molecular complexity index is 314. The molecule has 0 saturated carbocycles. The Labute approximate surface area is 95.8 Å². The van der Waals surface area contributed by atoms with Gasteiger partial charge in [0.1, 0.15) is 0 Å². The van der Waals surface area contributed by atoms with Crippen LogP contribution >= 0.6 is 27.3 Å². The molecule has 0 spiro atoms. The van der Waals surface area contributed by atoms with Gasteiger partial charge in [-0.25, -0.2) is 0 Å². The molecule has 1 rings (SSSR count). The molecular formula is C9H13BrN2OS. The summed E-state index contributed by atoms with van der Waals surface area (Å²) in [5.74, 6) is 0.260. The maximum Gasteiger partial charge on any atom is 0.225 e. The van der Waals surface area contributed by atoms with Gasteiger partial charge >= 0.3 is 0 Å². The van der Waals surface area contributed by atoms with E-state index >= 15 is 0 Å². The van der Waals surface area contributed by atoms with E-state index in [0.717, 1.165) is 8.79 Å². The second-order valence-corrected chi connectivity index (χ2v) is 5.66. The number of hydrogen-bond acceptors (Lipinski definition) is 3. The molecule has 0 bridgehead atoms. The fourth-order valence-electron chi connectivity index (χ4n) is 0.970. The fraction of sp³-hybridized carbons (Fsp3) is 0.444. The molecule has 0 aliphatic carbocycles. The van der Waals surface area contributed by atoms with Crippen molar-refractivity contribution in [3.8, 4) is 0 Å². The third kappa shape index (κ3) is 3.77. The molecule has 0 aliphatic heterocycles. The van der Waals surface area contributed by atoms with Crippen molar-refractivity contribution in [2.75, 3.05) is 11.9 Å². The molecule has 0 fully saturated rings. The first-order valence-corrected chi connectivity index (χ1v) is 5.98. The standard InChI is InChI=1S/C9H13BrN2OS/c1-6(5-11)4-8(13)12-9-3-2-7(10)14-9/h2-3,6H,4-5,11H2,1H3,(H,12,13). The Hall–Kier alpha value is -0.390. The van der Waals surface area contributed by atoms with Crippen LogP contribution in [0.2, 0.25) is 0 Å². The minimum Gasteiger partial charge on any atom is -0.330 e. The lowest BCUT2D eigenvalue weighted by Crippen LogP contribution is -2.19. The van der Waals surface area contributed by atoms with Gasteiger partial charge in [0.15, 0.2) is 0 Å². The lowest BCUT2D eigenvalue weighted by atomic mass is 10.1. The normalized spacial score (nSPS) is 12.5. The molecule has 3 nitrogen and oxygen atoms in total. The molecule has 3 N–H and O–H groups in total. The van der Waals surface area contributed by atoms with Crippen LogP contribution in [0, 0.1) is 5.92 Å². The smallest absolute Gasteiger partial charge is 0.225 e. The second-order valence-electron chi connectivity index (χ2n) is 3.20. The lowest BCUT2D eigenvalue weighted by Gasteiger charge is -2.07. The summed E-state index contributed by atoms with van der Waals surface area (Å²) in [6, 6.07) is 3.78. The topological polar surface area (TPSA) is 55.1 Å². The molecule has 1 aromatic rings. The zero-order valence-corrected chi connectivity index (χ0v) is 10.3. The van der Waals surface area contributed by atoms with Gasteiger partial charge in [0.2, 0.25) is 5.91 Å². The van der Waals surface area contributed by atoms with Gasteiger partial charge in [-0.05, 0) is 40.5 Å². The average molecular weight is 277 g/mol. The summed E-state index contributed by atoms with van der Waals surface area (Å²) in [6.07, 6.45) is 0.478. The number of amides is 1. The number of nitrogens with two attached hydrogens (primary N) is 1. The van der Waals surface area contributed by atoms with Crippen molar-refractivity contribution in [1.82, 2.24) is 0 Å². The second kappa shape index (κ2) is 5.48. The maximum atomic E-state index is 11.4. The van der Waals surface area contributed by atoms with Crippen LogP contribution in [0.3, 0.4) is 0 Å². The van der Waals surface area contributed by atoms with Crippen molar-refractivity contribution in [2.45, 2.75) is 13.3 Å². The minimum absolute atomic E-state index is 0.0253. The van der Waals surface area contributed by atoms with Crippen molar-refractivity contribution < 1.29 is 4.79 Å². The van der Waals surface area contributed by atoms with Crippen LogP contribution in [0.15, 0.2) is 15.9 Å². The molecule has 78 valence electrons. The Balaban J connectivity index is 2.41. The fourth-order valence-corrected chi connectivity index (χ4v) is 2.27. The third-order valence-corrected chi connectivity index (χ3v) is 3.31. The zero-order chi connectivity index (χ0) is 10.6. The Morgan fingerprint density at radius 1 is 1.71 bits per heavy atom. The van der Waals surface area contributed by atoms with Crippen LogP contribution in [0.5, 0.6) is 0 Å². The Morgan fingerprint density at radius 2 is 2.43 bits per heavy atom. The van der Waals surface area contributed by atoms with Gasteiger partial charge in [-0.15, -0.1) is 11.3 Å². The molecule has 1 atom stereocenters. The molecule has 0 aliphatic rings. The van der Waals surface area contributed by atoms with Gasteiger partial charge in [0, 0.05) is 6.42 Å². The van der Waals surface area contributed by atoms with Crippen molar-refractivity contribution in [1.29, 1.82) is 0 Å². The first-order chi connectivity index (χ1) is 6.61. The van der Waals surface area contributed by atoms with E-state index in [-0.39, 0.29) is 11.8 Å². The molecule has 5 heteroatoms. The molecule has 1 heterocycles. The van der Waals surface area contributed by atoms with E-state index in [1.807, 2.05) is 19.1 Å². The number of carbonyl (C=O) groups excluding carboxylic acids is 1. The van der Waals surface area contributed by atoms with Gasteiger partial charge in [0.25, 0.3) is 0 Å². The van der Waals surface area contributed by atoms with Gasteiger partial charge in [0.05, 0.1) is 8.79 Å². The summed E-state index contributed by atoms with van der Waals surface area (Å²) < 4.78 is 1.01. The molecule has 1 unspecified atom stereocenters. The van der Waals surface area contributed by atoms with Crippen LogP contribution in [0.25, 0.3) is 0 Å². The van der Waals surface area contributed by atoms with Crippen LogP contribution in [0.1, 0.15) is 13.3 Å². The van der Waals surface area contributed by atoms with Crippen LogP contribution < -0.4 is 11.1 Å². The summed E-state index contributed by atoms with van der Waals surface area (Å²) >= 11 is 4.84. The van der Waals surface area contributed by atoms with Gasteiger partial charge in [-0.3, -0.25) is 4.79 Å². The van der Waals surface area contributed by atoms with E-state index in [4.69, 9.17) is 5.73 Å². The molecule has 14 heavy (non-hydrogen) atoms. The summed E-state index contributed by atoms with van der Waals surface area (Å²) in [5, 5.41) is 3.69. The van der Waals surface area contributed by atoms with Crippen LogP contribution in [-0.2, 0) is 4.79 Å². The van der Waals surface area contributed by atoms with E-state index in [0.29, 0.717) is 13.0 Å². The Kier molecular flexibility index (Phi) is 4.57. The SMILES string of the molecule is CC(CN)CC(=O)Nc1ccc(Br)s1. The van der Waals surface area contributed by atoms with Crippen LogP contribution in [0.4, 0.5) is 5.00 Å². The summed E-state index contributed by atoms with van der Waals surface area (Å²) in [7, 11) is 0. The molecule has 1 aromatic heterocycles. The number of halogens is 1. The predicted octanol–water partition coefficient (Wildman–Crippen LogP) is 2.43. The number of rotatable bonds is 4. The van der Waals surface area contributed by atoms with Crippen molar-refractivity contribution >= 4 is 38.2 Å². The first-order valence-electron chi connectivity index (χ1n) is 4.37. The number of nitrogens with one attached hydrogen (secondary N) is 1.